The normalized spacial score (nSPS) is 14.7. The Morgan fingerprint density at radius 3 is 2.90 bits per heavy atom. The quantitative estimate of drug-likeness (QED) is 0.628. The van der Waals surface area contributed by atoms with E-state index in [2.05, 4.69) is 15.3 Å². The lowest BCUT2D eigenvalue weighted by atomic mass is 10.0. The molecule has 0 saturated carbocycles. The summed E-state index contributed by atoms with van der Waals surface area (Å²) in [4.78, 5) is 33.9. The van der Waals surface area contributed by atoms with Gasteiger partial charge in [0, 0.05) is 17.7 Å². The first kappa shape index (κ1) is 20.6. The van der Waals surface area contributed by atoms with Crippen molar-refractivity contribution in [1.29, 1.82) is 0 Å². The number of aromatic amines is 1. The topological polar surface area (TPSA) is 74.8 Å². The Kier molecular flexibility index (Phi) is 5.40. The molecule has 30 heavy (non-hydrogen) atoms. The molecule has 0 saturated heterocycles. The molecule has 1 amide bonds. The van der Waals surface area contributed by atoms with Crippen LogP contribution >= 0.6 is 11.3 Å². The highest BCUT2D eigenvalue weighted by molar-refractivity contribution is 7.18. The van der Waals surface area contributed by atoms with Crippen LogP contribution in [0.4, 0.5) is 13.2 Å². The lowest BCUT2D eigenvalue weighted by molar-refractivity contribution is -0.137. The van der Waals surface area contributed by atoms with E-state index in [4.69, 9.17) is 0 Å². The van der Waals surface area contributed by atoms with E-state index < -0.39 is 17.8 Å². The number of amides is 1. The molecular weight excluding hydrogens is 415 g/mol. The van der Waals surface area contributed by atoms with Crippen LogP contribution in [0.15, 0.2) is 29.1 Å². The maximum absolute atomic E-state index is 12.9. The van der Waals surface area contributed by atoms with Gasteiger partial charge in [0.2, 0.25) is 5.91 Å². The summed E-state index contributed by atoms with van der Waals surface area (Å²) >= 11 is 1.54. The first-order chi connectivity index (χ1) is 14.2. The highest BCUT2D eigenvalue weighted by Gasteiger charge is 2.30. The van der Waals surface area contributed by atoms with Crippen LogP contribution in [0.2, 0.25) is 0 Å². The summed E-state index contributed by atoms with van der Waals surface area (Å²) in [5, 5.41) is 3.37. The fourth-order valence-corrected chi connectivity index (χ4v) is 5.06. The largest absolute Gasteiger partial charge is 0.416 e. The minimum Gasteiger partial charge on any atom is -0.350 e. The van der Waals surface area contributed by atoms with Gasteiger partial charge in [-0.3, -0.25) is 9.59 Å². The molecule has 1 aromatic carbocycles. The second kappa shape index (κ2) is 7.86. The van der Waals surface area contributed by atoms with Gasteiger partial charge in [0.05, 0.1) is 17.0 Å². The van der Waals surface area contributed by atoms with E-state index >= 15 is 0 Å². The highest BCUT2D eigenvalue weighted by Crippen LogP contribution is 2.34. The third-order valence-corrected chi connectivity index (χ3v) is 6.49. The number of halogens is 3. The molecule has 1 atom stereocenters. The zero-order chi connectivity index (χ0) is 21.5. The van der Waals surface area contributed by atoms with Crippen LogP contribution in [-0.2, 0) is 30.2 Å². The van der Waals surface area contributed by atoms with Gasteiger partial charge < -0.3 is 10.3 Å². The van der Waals surface area contributed by atoms with Crippen molar-refractivity contribution in [3.63, 3.8) is 0 Å². The van der Waals surface area contributed by atoms with Gasteiger partial charge >= 0.3 is 6.18 Å². The molecule has 0 aliphatic heterocycles. The number of hydrogen-bond acceptors (Lipinski definition) is 4. The second-order valence-electron chi connectivity index (χ2n) is 7.46. The number of nitrogens with zero attached hydrogens (tertiary/aromatic N) is 1. The van der Waals surface area contributed by atoms with E-state index in [1.165, 1.54) is 22.3 Å². The van der Waals surface area contributed by atoms with Crippen LogP contribution in [0.25, 0.3) is 10.2 Å². The third kappa shape index (κ3) is 4.12. The monoisotopic (exact) mass is 435 g/mol. The van der Waals surface area contributed by atoms with Crippen molar-refractivity contribution >= 4 is 27.5 Å². The first-order valence-electron chi connectivity index (χ1n) is 9.72. The molecule has 0 bridgehead atoms. The molecule has 0 radical (unpaired) electrons. The first-order valence-corrected chi connectivity index (χ1v) is 10.5. The number of carbonyl (C=O) groups is 1. The van der Waals surface area contributed by atoms with Gasteiger partial charge in [0.15, 0.2) is 0 Å². The summed E-state index contributed by atoms with van der Waals surface area (Å²) in [5.41, 5.74) is 0.549. The second-order valence-corrected chi connectivity index (χ2v) is 8.55. The summed E-state index contributed by atoms with van der Waals surface area (Å²) in [6, 6.07) is 4.33. The van der Waals surface area contributed by atoms with Gasteiger partial charge in [-0.1, -0.05) is 12.1 Å². The summed E-state index contributed by atoms with van der Waals surface area (Å²) in [5.74, 6) is 0.116. The summed E-state index contributed by atoms with van der Waals surface area (Å²) in [7, 11) is 0. The number of alkyl halides is 3. The number of benzene rings is 1. The Balaban J connectivity index is 1.41. The Labute approximate surface area is 174 Å². The van der Waals surface area contributed by atoms with E-state index in [0.29, 0.717) is 21.6 Å². The molecule has 2 N–H and O–H groups in total. The number of fused-ring (bicyclic) bond motifs is 3. The number of nitrogens with one attached hydrogen (secondary N) is 2. The van der Waals surface area contributed by atoms with Gasteiger partial charge in [-0.2, -0.15) is 13.2 Å². The van der Waals surface area contributed by atoms with Crippen molar-refractivity contribution in [2.45, 2.75) is 51.2 Å². The van der Waals surface area contributed by atoms with E-state index in [1.54, 1.807) is 13.0 Å². The molecule has 4 rings (SSSR count). The van der Waals surface area contributed by atoms with Crippen LogP contribution in [-0.4, -0.2) is 15.9 Å². The Morgan fingerprint density at radius 1 is 1.33 bits per heavy atom. The van der Waals surface area contributed by atoms with Crippen LogP contribution in [0.3, 0.4) is 0 Å². The molecule has 0 fully saturated rings. The van der Waals surface area contributed by atoms with Crippen molar-refractivity contribution in [3.8, 4) is 0 Å². The van der Waals surface area contributed by atoms with Crippen molar-refractivity contribution < 1.29 is 18.0 Å². The molecule has 158 valence electrons. The summed E-state index contributed by atoms with van der Waals surface area (Å²) in [6.45, 7) is 1.63. The maximum atomic E-state index is 12.9. The number of rotatable bonds is 5. The molecule has 1 aliphatic carbocycles. The fraction of sp³-hybridized carbons (Fsp3) is 0.381. The van der Waals surface area contributed by atoms with Crippen molar-refractivity contribution in [1.82, 2.24) is 15.3 Å². The van der Waals surface area contributed by atoms with Gasteiger partial charge in [0.1, 0.15) is 10.7 Å². The van der Waals surface area contributed by atoms with Crippen molar-refractivity contribution in [2.75, 3.05) is 0 Å². The van der Waals surface area contributed by atoms with Gasteiger partial charge in [-0.15, -0.1) is 11.3 Å². The average molecular weight is 435 g/mol. The molecule has 2 aromatic heterocycles. The average Bonchev–Trinajstić information content (AvgIpc) is 3.26. The lowest BCUT2D eigenvalue weighted by Crippen LogP contribution is -2.27. The highest BCUT2D eigenvalue weighted by atomic mass is 32.1. The Bertz CT molecular complexity index is 1170. The number of carbonyl (C=O) groups excluding carboxylic acids is 1. The summed E-state index contributed by atoms with van der Waals surface area (Å²) in [6.07, 6.45) is -1.19. The van der Waals surface area contributed by atoms with Crippen LogP contribution in [0, 0.1) is 0 Å². The minimum atomic E-state index is -4.43. The van der Waals surface area contributed by atoms with E-state index in [9.17, 15) is 22.8 Å². The van der Waals surface area contributed by atoms with Crippen LogP contribution < -0.4 is 10.9 Å². The van der Waals surface area contributed by atoms with E-state index in [-0.39, 0.29) is 24.3 Å². The van der Waals surface area contributed by atoms with Crippen molar-refractivity contribution in [3.05, 3.63) is 62.0 Å². The van der Waals surface area contributed by atoms with Crippen molar-refractivity contribution in [2.24, 2.45) is 0 Å². The van der Waals surface area contributed by atoms with Crippen LogP contribution in [0.1, 0.15) is 53.2 Å². The molecule has 2 heterocycles. The Hall–Kier alpha value is -2.68. The van der Waals surface area contributed by atoms with E-state index in [0.717, 1.165) is 37.0 Å². The van der Waals surface area contributed by atoms with Gasteiger partial charge in [-0.05, 0) is 49.4 Å². The molecule has 5 nitrogen and oxygen atoms in total. The number of aryl methyl sites for hydroxylation is 3. The number of aromatic nitrogens is 2. The Morgan fingerprint density at radius 2 is 2.13 bits per heavy atom. The van der Waals surface area contributed by atoms with Gasteiger partial charge in [-0.25, -0.2) is 4.98 Å². The smallest absolute Gasteiger partial charge is 0.350 e. The SMILES string of the molecule is C[C@@H](NC(=O)CCc1nc2sc3c(c2c(=O)[nH]1)CCC3)c1cccc(C(F)(F)F)c1. The summed E-state index contributed by atoms with van der Waals surface area (Å²) < 4.78 is 38.6. The van der Waals surface area contributed by atoms with E-state index in [1.807, 2.05) is 0 Å². The molecular formula is C21H20F3N3O2S. The molecule has 9 heteroatoms. The fourth-order valence-electron chi connectivity index (χ4n) is 3.78. The molecule has 0 unspecified atom stereocenters. The lowest BCUT2D eigenvalue weighted by Gasteiger charge is -2.16. The molecule has 3 aromatic rings. The number of hydrogen-bond donors (Lipinski definition) is 2. The minimum absolute atomic E-state index is 0.0723. The number of thiophene rings is 1. The molecule has 0 spiro atoms. The number of H-pyrrole nitrogens is 1. The predicted molar refractivity (Wildman–Crippen MR) is 109 cm³/mol. The molecule has 1 aliphatic rings. The standard InChI is InChI=1S/C21H20F3N3O2S/c1-11(12-4-2-5-13(10-12)21(22,23)24)25-17(28)9-8-16-26-19(29)18-14-6-3-7-15(14)30-20(18)27-16/h2,4-5,10-11H,3,6-9H2,1H3,(H,25,28)(H,26,27,29)/t11-/m1/s1. The third-order valence-electron chi connectivity index (χ3n) is 5.30. The maximum Gasteiger partial charge on any atom is 0.416 e. The zero-order valence-electron chi connectivity index (χ0n) is 16.2. The zero-order valence-corrected chi connectivity index (χ0v) is 17.0. The van der Waals surface area contributed by atoms with Gasteiger partial charge in [0.25, 0.3) is 5.56 Å². The predicted octanol–water partition coefficient (Wildman–Crippen LogP) is 4.30. The van der Waals surface area contributed by atoms with Crippen LogP contribution in [0.5, 0.6) is 0 Å².